The molecule has 1 aromatic carbocycles. The summed E-state index contributed by atoms with van der Waals surface area (Å²) in [5.41, 5.74) is -0.668. The Bertz CT molecular complexity index is 566. The van der Waals surface area contributed by atoms with E-state index in [0.29, 0.717) is 0 Å². The molecule has 1 rings (SSSR count). The predicted molar refractivity (Wildman–Crippen MR) is 67.0 cm³/mol. The van der Waals surface area contributed by atoms with E-state index in [9.17, 15) is 22.0 Å². The fraction of sp³-hybridized carbons (Fsp3) is 0.300. The molecule has 0 unspecified atom stereocenters. The van der Waals surface area contributed by atoms with Gasteiger partial charge in [-0.15, -0.1) is 0 Å². The zero-order valence-electron chi connectivity index (χ0n) is 9.50. The number of hydrogen-bond acceptors (Lipinski definition) is 3. The van der Waals surface area contributed by atoms with Gasteiger partial charge in [-0.1, -0.05) is 15.9 Å². The van der Waals surface area contributed by atoms with Crippen LogP contribution in [0, 0.1) is 11.6 Å². The molecule has 0 aliphatic carbocycles. The molecule has 0 saturated heterocycles. The van der Waals surface area contributed by atoms with Gasteiger partial charge >= 0.3 is 0 Å². The first-order valence-corrected chi connectivity index (χ1v) is 7.52. The second kappa shape index (κ2) is 5.31. The van der Waals surface area contributed by atoms with Crippen LogP contribution in [-0.2, 0) is 14.6 Å². The van der Waals surface area contributed by atoms with E-state index in [1.165, 1.54) is 0 Å². The number of carbonyl (C=O) groups excluding carboxylic acids is 1. The van der Waals surface area contributed by atoms with Crippen molar-refractivity contribution < 1.29 is 22.0 Å². The molecule has 0 heterocycles. The smallest absolute Gasteiger partial charge is 0.242 e. The SMILES string of the molecule is C[C@H](C(=O)Nc1c(F)cc(Br)cc1F)S(C)(=O)=O. The topological polar surface area (TPSA) is 63.2 Å². The lowest BCUT2D eigenvalue weighted by molar-refractivity contribution is -0.115. The average molecular weight is 342 g/mol. The third-order valence-electron chi connectivity index (χ3n) is 2.27. The Balaban J connectivity index is 3.03. The predicted octanol–water partition coefficient (Wildman–Crippen LogP) is 2.10. The van der Waals surface area contributed by atoms with Crippen LogP contribution >= 0.6 is 15.9 Å². The van der Waals surface area contributed by atoms with Crippen LogP contribution in [0.15, 0.2) is 16.6 Å². The summed E-state index contributed by atoms with van der Waals surface area (Å²) < 4.78 is 49.2. The molecule has 8 heteroatoms. The highest BCUT2D eigenvalue weighted by atomic mass is 79.9. The van der Waals surface area contributed by atoms with Gasteiger partial charge in [-0.25, -0.2) is 17.2 Å². The molecule has 0 fully saturated rings. The molecule has 1 N–H and O–H groups in total. The highest BCUT2D eigenvalue weighted by Gasteiger charge is 2.25. The molecular weight excluding hydrogens is 332 g/mol. The maximum absolute atomic E-state index is 13.4. The Kier molecular flexibility index (Phi) is 4.44. The maximum atomic E-state index is 13.4. The van der Waals surface area contributed by atoms with Gasteiger partial charge in [0.05, 0.1) is 0 Å². The lowest BCUT2D eigenvalue weighted by Crippen LogP contribution is -2.32. The van der Waals surface area contributed by atoms with E-state index in [4.69, 9.17) is 0 Å². The Morgan fingerprint density at radius 2 is 1.78 bits per heavy atom. The van der Waals surface area contributed by atoms with Crippen LogP contribution in [0.3, 0.4) is 0 Å². The summed E-state index contributed by atoms with van der Waals surface area (Å²) >= 11 is 2.89. The minimum Gasteiger partial charge on any atom is -0.320 e. The van der Waals surface area contributed by atoms with Crippen LogP contribution in [0.5, 0.6) is 0 Å². The molecule has 0 saturated carbocycles. The van der Waals surface area contributed by atoms with Crippen molar-refractivity contribution in [2.45, 2.75) is 12.2 Å². The summed E-state index contributed by atoms with van der Waals surface area (Å²) in [6.45, 7) is 1.14. The number of rotatable bonds is 3. The van der Waals surface area contributed by atoms with Gasteiger partial charge in [0.1, 0.15) is 10.9 Å². The lowest BCUT2D eigenvalue weighted by Gasteiger charge is -2.12. The van der Waals surface area contributed by atoms with Gasteiger partial charge in [0, 0.05) is 10.7 Å². The molecular formula is C10H10BrF2NO3S. The van der Waals surface area contributed by atoms with Gasteiger partial charge in [0.2, 0.25) is 5.91 Å². The average Bonchev–Trinajstić information content (AvgIpc) is 2.20. The molecule has 1 aromatic rings. The van der Waals surface area contributed by atoms with Crippen molar-refractivity contribution in [3.8, 4) is 0 Å². The molecule has 0 radical (unpaired) electrons. The Morgan fingerprint density at radius 1 is 1.33 bits per heavy atom. The summed E-state index contributed by atoms with van der Waals surface area (Å²) in [4.78, 5) is 11.5. The van der Waals surface area contributed by atoms with Crippen molar-refractivity contribution in [2.75, 3.05) is 11.6 Å². The summed E-state index contributed by atoms with van der Waals surface area (Å²) in [5.74, 6) is -2.97. The number of benzene rings is 1. The number of halogens is 3. The number of anilines is 1. The lowest BCUT2D eigenvalue weighted by atomic mass is 10.3. The monoisotopic (exact) mass is 341 g/mol. The first kappa shape index (κ1) is 15.0. The maximum Gasteiger partial charge on any atom is 0.242 e. The highest BCUT2D eigenvalue weighted by molar-refractivity contribution is 9.10. The van der Waals surface area contributed by atoms with Crippen LogP contribution in [0.4, 0.5) is 14.5 Å². The van der Waals surface area contributed by atoms with E-state index in [1.807, 2.05) is 5.32 Å². The van der Waals surface area contributed by atoms with Crippen LogP contribution in [-0.4, -0.2) is 25.8 Å². The second-order valence-electron chi connectivity index (χ2n) is 3.71. The first-order valence-electron chi connectivity index (χ1n) is 4.77. The van der Waals surface area contributed by atoms with Crippen LogP contribution < -0.4 is 5.32 Å². The van der Waals surface area contributed by atoms with Gasteiger partial charge in [-0.05, 0) is 19.1 Å². The number of amides is 1. The van der Waals surface area contributed by atoms with Gasteiger partial charge < -0.3 is 5.32 Å². The molecule has 0 spiro atoms. The highest BCUT2D eigenvalue weighted by Crippen LogP contribution is 2.24. The number of sulfone groups is 1. The molecule has 0 aliphatic heterocycles. The number of hydrogen-bond donors (Lipinski definition) is 1. The zero-order chi connectivity index (χ0) is 14.1. The third kappa shape index (κ3) is 3.49. The van der Waals surface area contributed by atoms with Gasteiger partial charge in [0.25, 0.3) is 0 Å². The van der Waals surface area contributed by atoms with E-state index in [0.717, 1.165) is 25.3 Å². The second-order valence-corrected chi connectivity index (χ2v) is 6.99. The summed E-state index contributed by atoms with van der Waals surface area (Å²) in [7, 11) is -3.62. The molecule has 0 aliphatic rings. The Morgan fingerprint density at radius 3 is 2.17 bits per heavy atom. The van der Waals surface area contributed by atoms with Gasteiger partial charge in [-0.2, -0.15) is 0 Å². The van der Waals surface area contributed by atoms with E-state index < -0.39 is 38.3 Å². The van der Waals surface area contributed by atoms with Crippen molar-refractivity contribution in [3.63, 3.8) is 0 Å². The molecule has 1 amide bonds. The standard InChI is InChI=1S/C10H10BrF2NO3S/c1-5(18(2,16)17)10(15)14-9-7(12)3-6(11)4-8(9)13/h3-5H,1-2H3,(H,14,15)/t5-/m1/s1. The molecule has 1 atom stereocenters. The third-order valence-corrected chi connectivity index (χ3v) is 4.22. The summed E-state index contributed by atoms with van der Waals surface area (Å²) in [6, 6.07) is 1.92. The molecule has 18 heavy (non-hydrogen) atoms. The number of nitrogens with one attached hydrogen (secondary N) is 1. The minimum atomic E-state index is -3.62. The van der Waals surface area contributed by atoms with Crippen molar-refractivity contribution >= 4 is 37.4 Å². The quantitative estimate of drug-likeness (QED) is 0.915. The fourth-order valence-electron chi connectivity index (χ4n) is 1.08. The van der Waals surface area contributed by atoms with Crippen LogP contribution in [0.25, 0.3) is 0 Å². The van der Waals surface area contributed by atoms with Crippen molar-refractivity contribution in [1.29, 1.82) is 0 Å². The van der Waals surface area contributed by atoms with E-state index in [1.54, 1.807) is 0 Å². The van der Waals surface area contributed by atoms with Crippen molar-refractivity contribution in [2.24, 2.45) is 0 Å². The molecule has 100 valence electrons. The summed E-state index contributed by atoms with van der Waals surface area (Å²) in [6.07, 6.45) is 0.867. The van der Waals surface area contributed by atoms with Gasteiger partial charge in [0.15, 0.2) is 21.5 Å². The zero-order valence-corrected chi connectivity index (χ0v) is 11.9. The normalized spacial score (nSPS) is 13.2. The Hall–Kier alpha value is -1.02. The molecule has 4 nitrogen and oxygen atoms in total. The van der Waals surface area contributed by atoms with E-state index >= 15 is 0 Å². The van der Waals surface area contributed by atoms with Crippen LogP contribution in [0.2, 0.25) is 0 Å². The minimum absolute atomic E-state index is 0.173. The summed E-state index contributed by atoms with van der Waals surface area (Å²) in [5, 5.41) is 0.534. The molecule has 0 bridgehead atoms. The van der Waals surface area contributed by atoms with Crippen LogP contribution in [0.1, 0.15) is 6.92 Å². The van der Waals surface area contributed by atoms with E-state index in [-0.39, 0.29) is 4.47 Å². The fourth-order valence-corrected chi connectivity index (χ4v) is 1.93. The van der Waals surface area contributed by atoms with Crippen molar-refractivity contribution in [1.82, 2.24) is 0 Å². The number of carbonyl (C=O) groups is 1. The molecule has 0 aromatic heterocycles. The van der Waals surface area contributed by atoms with Gasteiger partial charge in [-0.3, -0.25) is 4.79 Å². The first-order chi connectivity index (χ1) is 8.12. The van der Waals surface area contributed by atoms with Crippen molar-refractivity contribution in [3.05, 3.63) is 28.2 Å². The largest absolute Gasteiger partial charge is 0.320 e. The Labute approximate surface area is 111 Å². The van der Waals surface area contributed by atoms with E-state index in [2.05, 4.69) is 15.9 Å².